The van der Waals surface area contributed by atoms with E-state index in [0.717, 1.165) is 0 Å². The van der Waals surface area contributed by atoms with Crippen molar-refractivity contribution in [1.29, 1.82) is 0 Å². The molecule has 2 aromatic rings. The highest BCUT2D eigenvalue weighted by Crippen LogP contribution is 2.34. The number of allylic oxidation sites excluding steroid dienone is 1. The van der Waals surface area contributed by atoms with E-state index in [0.29, 0.717) is 33.9 Å². The first kappa shape index (κ1) is 16.6. The summed E-state index contributed by atoms with van der Waals surface area (Å²) in [7, 11) is 4.38. The molecule has 6 heteroatoms. The lowest BCUT2D eigenvalue weighted by Gasteiger charge is -2.07. The molecule has 0 saturated heterocycles. The minimum absolute atomic E-state index is 0.153. The minimum Gasteiger partial charge on any atom is -0.497 e. The van der Waals surface area contributed by atoms with Gasteiger partial charge in [0, 0.05) is 11.6 Å². The number of fused-ring (bicyclic) bond motifs is 1. The van der Waals surface area contributed by atoms with E-state index in [9.17, 15) is 9.59 Å². The molecule has 6 nitrogen and oxygen atoms in total. The summed E-state index contributed by atoms with van der Waals surface area (Å²) in [4.78, 5) is 24.2. The molecule has 0 spiro atoms. The summed E-state index contributed by atoms with van der Waals surface area (Å²) in [6, 6.07) is 9.84. The Labute approximate surface area is 144 Å². The molecule has 0 aromatic heterocycles. The van der Waals surface area contributed by atoms with Gasteiger partial charge in [-0.05, 0) is 36.4 Å². The fourth-order valence-corrected chi connectivity index (χ4v) is 2.51. The number of hydrogen-bond donors (Lipinski definition) is 0. The quantitative estimate of drug-likeness (QED) is 0.629. The molecule has 0 unspecified atom stereocenters. The van der Waals surface area contributed by atoms with E-state index in [1.165, 1.54) is 20.3 Å². The average Bonchev–Trinajstić information content (AvgIpc) is 2.96. The molecule has 0 atom stereocenters. The Kier molecular flexibility index (Phi) is 4.43. The van der Waals surface area contributed by atoms with Crippen LogP contribution in [0.25, 0.3) is 6.08 Å². The molecule has 2 aromatic carbocycles. The normalized spacial score (nSPS) is 14.0. The zero-order valence-electron chi connectivity index (χ0n) is 14.0. The predicted octanol–water partition coefficient (Wildman–Crippen LogP) is 3.11. The molecule has 3 rings (SSSR count). The molecule has 0 radical (unpaired) electrons. The number of hydrogen-bond acceptors (Lipinski definition) is 6. The first-order valence-corrected chi connectivity index (χ1v) is 7.46. The molecule has 0 N–H and O–H groups in total. The van der Waals surface area contributed by atoms with Crippen LogP contribution in [0.3, 0.4) is 0 Å². The van der Waals surface area contributed by atoms with Gasteiger partial charge in [-0.2, -0.15) is 0 Å². The van der Waals surface area contributed by atoms with Crippen LogP contribution in [0.5, 0.6) is 17.2 Å². The van der Waals surface area contributed by atoms with Gasteiger partial charge in [0.05, 0.1) is 32.5 Å². The van der Waals surface area contributed by atoms with Gasteiger partial charge in [0.15, 0.2) is 5.76 Å². The zero-order chi connectivity index (χ0) is 18.0. The van der Waals surface area contributed by atoms with E-state index in [2.05, 4.69) is 4.74 Å². The SMILES string of the molecule is COC(=O)c1ccc2c(c1)C(=O)/C(=C/c1ccc(OC)cc1OC)O2. The number of rotatable bonds is 4. The van der Waals surface area contributed by atoms with Crippen LogP contribution in [0.15, 0.2) is 42.2 Å². The average molecular weight is 340 g/mol. The molecule has 0 bridgehead atoms. The van der Waals surface area contributed by atoms with Crippen molar-refractivity contribution in [3.63, 3.8) is 0 Å². The van der Waals surface area contributed by atoms with Gasteiger partial charge < -0.3 is 18.9 Å². The van der Waals surface area contributed by atoms with E-state index in [1.807, 2.05) is 0 Å². The largest absolute Gasteiger partial charge is 0.497 e. The van der Waals surface area contributed by atoms with Crippen LogP contribution in [0.4, 0.5) is 0 Å². The Morgan fingerprint density at radius 2 is 1.84 bits per heavy atom. The third-order valence-corrected chi connectivity index (χ3v) is 3.82. The van der Waals surface area contributed by atoms with E-state index >= 15 is 0 Å². The first-order valence-electron chi connectivity index (χ1n) is 7.46. The Morgan fingerprint density at radius 1 is 1.04 bits per heavy atom. The Balaban J connectivity index is 1.96. The Morgan fingerprint density at radius 3 is 2.52 bits per heavy atom. The molecular weight excluding hydrogens is 324 g/mol. The summed E-state index contributed by atoms with van der Waals surface area (Å²) in [6.07, 6.45) is 1.60. The summed E-state index contributed by atoms with van der Waals surface area (Å²) in [5.41, 5.74) is 1.29. The maximum Gasteiger partial charge on any atom is 0.337 e. The number of ether oxygens (including phenoxy) is 4. The van der Waals surface area contributed by atoms with E-state index < -0.39 is 5.97 Å². The van der Waals surface area contributed by atoms with Gasteiger partial charge in [-0.3, -0.25) is 4.79 Å². The van der Waals surface area contributed by atoms with Crippen LogP contribution < -0.4 is 14.2 Å². The van der Waals surface area contributed by atoms with Crippen molar-refractivity contribution in [1.82, 2.24) is 0 Å². The third kappa shape index (κ3) is 3.06. The minimum atomic E-state index is -0.509. The summed E-state index contributed by atoms with van der Waals surface area (Å²) in [5.74, 6) is 0.929. The van der Waals surface area contributed by atoms with Crippen molar-refractivity contribution >= 4 is 17.8 Å². The molecule has 0 saturated carbocycles. The monoisotopic (exact) mass is 340 g/mol. The number of benzene rings is 2. The van der Waals surface area contributed by atoms with Crippen LogP contribution >= 0.6 is 0 Å². The van der Waals surface area contributed by atoms with Crippen LogP contribution in [-0.4, -0.2) is 33.1 Å². The number of Topliss-reactive ketones (excluding diaryl/α,β-unsaturated/α-hetero) is 1. The van der Waals surface area contributed by atoms with Crippen molar-refractivity contribution in [3.05, 3.63) is 58.8 Å². The van der Waals surface area contributed by atoms with E-state index in [1.54, 1.807) is 43.5 Å². The maximum absolute atomic E-state index is 12.6. The van der Waals surface area contributed by atoms with Crippen molar-refractivity contribution in [3.8, 4) is 17.2 Å². The van der Waals surface area contributed by atoms with Crippen LogP contribution in [0, 0.1) is 0 Å². The molecule has 25 heavy (non-hydrogen) atoms. The Bertz CT molecular complexity index is 881. The smallest absolute Gasteiger partial charge is 0.337 e. The summed E-state index contributed by atoms with van der Waals surface area (Å²) >= 11 is 0. The van der Waals surface area contributed by atoms with Crippen LogP contribution in [0.2, 0.25) is 0 Å². The van der Waals surface area contributed by atoms with Crippen LogP contribution in [0.1, 0.15) is 26.3 Å². The van der Waals surface area contributed by atoms with Crippen molar-refractivity contribution in [2.24, 2.45) is 0 Å². The predicted molar refractivity (Wildman–Crippen MR) is 90.3 cm³/mol. The van der Waals surface area contributed by atoms with Gasteiger partial charge in [-0.15, -0.1) is 0 Å². The number of carbonyl (C=O) groups excluding carboxylic acids is 2. The highest BCUT2D eigenvalue weighted by atomic mass is 16.5. The van der Waals surface area contributed by atoms with Gasteiger partial charge in [0.25, 0.3) is 0 Å². The van der Waals surface area contributed by atoms with Crippen molar-refractivity contribution in [2.45, 2.75) is 0 Å². The summed E-state index contributed by atoms with van der Waals surface area (Å²) in [6.45, 7) is 0. The van der Waals surface area contributed by atoms with E-state index in [4.69, 9.17) is 14.2 Å². The lowest BCUT2D eigenvalue weighted by Crippen LogP contribution is -2.03. The molecule has 1 aliphatic heterocycles. The summed E-state index contributed by atoms with van der Waals surface area (Å²) in [5, 5.41) is 0. The molecular formula is C19H16O6. The van der Waals surface area contributed by atoms with Crippen molar-refractivity contribution in [2.75, 3.05) is 21.3 Å². The number of esters is 1. The molecule has 0 amide bonds. The van der Waals surface area contributed by atoms with Gasteiger partial charge in [-0.1, -0.05) is 0 Å². The molecule has 0 fully saturated rings. The van der Waals surface area contributed by atoms with Gasteiger partial charge in [0.1, 0.15) is 17.2 Å². The van der Waals surface area contributed by atoms with Gasteiger partial charge in [0.2, 0.25) is 5.78 Å². The molecule has 0 aliphatic carbocycles. The van der Waals surface area contributed by atoms with Gasteiger partial charge >= 0.3 is 5.97 Å². The number of ketones is 1. The second-order valence-corrected chi connectivity index (χ2v) is 5.25. The fraction of sp³-hybridized carbons (Fsp3) is 0.158. The highest BCUT2D eigenvalue weighted by molar-refractivity contribution is 6.15. The zero-order valence-corrected chi connectivity index (χ0v) is 14.0. The second kappa shape index (κ2) is 6.68. The van der Waals surface area contributed by atoms with Gasteiger partial charge in [-0.25, -0.2) is 4.79 Å². The maximum atomic E-state index is 12.6. The number of methoxy groups -OCH3 is 3. The topological polar surface area (TPSA) is 71.1 Å². The van der Waals surface area contributed by atoms with Crippen molar-refractivity contribution < 1.29 is 28.5 Å². The second-order valence-electron chi connectivity index (χ2n) is 5.25. The fourth-order valence-electron chi connectivity index (χ4n) is 2.51. The lowest BCUT2D eigenvalue weighted by molar-refractivity contribution is 0.0600. The third-order valence-electron chi connectivity index (χ3n) is 3.82. The number of carbonyl (C=O) groups is 2. The Hall–Kier alpha value is -3.28. The summed E-state index contributed by atoms with van der Waals surface area (Å²) < 4.78 is 20.8. The molecule has 1 aliphatic rings. The molecule has 128 valence electrons. The lowest BCUT2D eigenvalue weighted by atomic mass is 10.1. The first-order chi connectivity index (χ1) is 12.1. The standard InChI is InChI=1S/C19H16O6/c1-22-13-6-4-11(16(10-13)23-2)9-17-18(20)14-8-12(19(21)24-3)5-7-15(14)25-17/h4-10H,1-3H3/b17-9-. The van der Waals surface area contributed by atoms with E-state index in [-0.39, 0.29) is 11.5 Å². The highest BCUT2D eigenvalue weighted by Gasteiger charge is 2.28. The molecule has 1 heterocycles. The van der Waals surface area contributed by atoms with Crippen LogP contribution in [-0.2, 0) is 4.74 Å².